The Bertz CT molecular complexity index is 1480. The number of rotatable bonds is 8. The monoisotopic (exact) mass is 542 g/mol. The molecule has 1 aliphatic rings. The molecule has 0 saturated carbocycles. The number of hydrogen-bond donors (Lipinski definition) is 1. The number of aryl methyl sites for hydroxylation is 1. The molecule has 0 bridgehead atoms. The van der Waals surface area contributed by atoms with Gasteiger partial charge in [-0.1, -0.05) is 41.9 Å². The van der Waals surface area contributed by atoms with E-state index in [1.165, 1.54) is 0 Å². The molecule has 1 saturated heterocycles. The number of fused-ring (bicyclic) bond motifs is 1. The lowest BCUT2D eigenvalue weighted by Crippen LogP contribution is -2.54. The number of aliphatic carboxylic acids is 1. The molecule has 1 aliphatic heterocycles. The topological polar surface area (TPSA) is 86.6 Å². The summed E-state index contributed by atoms with van der Waals surface area (Å²) in [5.41, 5.74) is 5.66. The van der Waals surface area contributed by atoms with Gasteiger partial charge in [0.2, 0.25) is 0 Å². The number of benzene rings is 3. The zero-order chi connectivity index (χ0) is 27.4. The second-order valence-electron chi connectivity index (χ2n) is 9.96. The van der Waals surface area contributed by atoms with Gasteiger partial charge in [-0.15, -0.1) is 0 Å². The fraction of sp³-hybridized carbons (Fsp3) is 0.290. The Morgan fingerprint density at radius 2 is 1.72 bits per heavy atom. The molecule has 3 aromatic carbocycles. The Kier molecular flexibility index (Phi) is 8.07. The van der Waals surface area contributed by atoms with Crippen LogP contribution in [-0.4, -0.2) is 57.5 Å². The molecular formula is C31H31ClN4O3. The van der Waals surface area contributed by atoms with Gasteiger partial charge in [0.25, 0.3) is 5.91 Å². The van der Waals surface area contributed by atoms with Crippen LogP contribution in [-0.2, 0) is 11.2 Å². The predicted octanol–water partition coefficient (Wildman–Crippen LogP) is 6.10. The number of carboxylic acid groups (broad SMARTS) is 1. The first-order valence-corrected chi connectivity index (χ1v) is 13.7. The molecule has 8 heteroatoms. The van der Waals surface area contributed by atoms with Crippen LogP contribution in [0.1, 0.15) is 42.2 Å². The summed E-state index contributed by atoms with van der Waals surface area (Å²) in [4.78, 5) is 38.6. The van der Waals surface area contributed by atoms with Crippen molar-refractivity contribution in [3.63, 3.8) is 0 Å². The van der Waals surface area contributed by atoms with Gasteiger partial charge in [-0.05, 0) is 68.7 Å². The molecule has 5 rings (SSSR count). The number of unbranched alkanes of at least 4 members (excludes halogenated alkanes) is 1. The summed E-state index contributed by atoms with van der Waals surface area (Å²) in [6.45, 7) is 4.17. The van der Waals surface area contributed by atoms with Crippen LogP contribution in [0.15, 0.2) is 72.8 Å². The van der Waals surface area contributed by atoms with Gasteiger partial charge in [0.1, 0.15) is 0 Å². The molecule has 4 aromatic rings. The van der Waals surface area contributed by atoms with Gasteiger partial charge in [0.05, 0.1) is 22.4 Å². The van der Waals surface area contributed by atoms with E-state index in [2.05, 4.69) is 11.8 Å². The molecule has 39 heavy (non-hydrogen) atoms. The molecule has 0 unspecified atom stereocenters. The molecule has 1 fully saturated rings. The van der Waals surface area contributed by atoms with Crippen molar-refractivity contribution in [2.24, 2.45) is 0 Å². The number of halogens is 1. The van der Waals surface area contributed by atoms with Crippen molar-refractivity contribution in [1.82, 2.24) is 14.9 Å². The second-order valence-corrected chi connectivity index (χ2v) is 10.4. The van der Waals surface area contributed by atoms with Gasteiger partial charge >= 0.3 is 5.97 Å². The van der Waals surface area contributed by atoms with Gasteiger partial charge in [0.15, 0.2) is 0 Å². The maximum atomic E-state index is 13.6. The zero-order valence-corrected chi connectivity index (χ0v) is 22.6. The lowest BCUT2D eigenvalue weighted by molar-refractivity contribution is -0.137. The fourth-order valence-electron chi connectivity index (χ4n) is 5.11. The van der Waals surface area contributed by atoms with Crippen LogP contribution >= 0.6 is 11.6 Å². The number of nitrogens with zero attached hydrogens (tertiary/aromatic N) is 4. The third-order valence-electron chi connectivity index (χ3n) is 7.16. The van der Waals surface area contributed by atoms with Crippen LogP contribution in [0.25, 0.3) is 22.3 Å². The second kappa shape index (κ2) is 11.8. The standard InChI is InChI=1S/C31H31ClN4O3/c1-21-20-35(25-14-12-24(32)13-15-25)17-18-36(21)31(39)23-11-16-26-28(19-23)33-27(9-5-6-10-29(37)38)30(34-26)22-7-3-2-4-8-22/h2-4,7-8,11-16,19,21H,5-6,9-10,17-18,20H2,1H3,(H,37,38)/t21-/m1/s1. The Morgan fingerprint density at radius 1 is 0.949 bits per heavy atom. The SMILES string of the molecule is C[C@@H]1CN(c2ccc(Cl)cc2)CCN1C(=O)c1ccc2nc(-c3ccccc3)c(CCCCC(=O)O)nc2c1. The molecule has 0 radical (unpaired) electrons. The molecule has 2 heterocycles. The third-order valence-corrected chi connectivity index (χ3v) is 7.42. The Hall–Kier alpha value is -3.97. The minimum Gasteiger partial charge on any atom is -0.481 e. The smallest absolute Gasteiger partial charge is 0.303 e. The van der Waals surface area contributed by atoms with Crippen LogP contribution < -0.4 is 4.90 Å². The quantitative estimate of drug-likeness (QED) is 0.271. The minimum absolute atomic E-state index is 0.0166. The molecular weight excluding hydrogens is 512 g/mol. The molecule has 1 aromatic heterocycles. The summed E-state index contributed by atoms with van der Waals surface area (Å²) in [6.07, 6.45) is 2.01. The van der Waals surface area contributed by atoms with E-state index >= 15 is 0 Å². The molecule has 1 amide bonds. The van der Waals surface area contributed by atoms with E-state index in [1.54, 1.807) is 0 Å². The predicted molar refractivity (Wildman–Crippen MR) is 154 cm³/mol. The van der Waals surface area contributed by atoms with Crippen molar-refractivity contribution in [3.05, 3.63) is 89.1 Å². The first kappa shape index (κ1) is 26.6. The van der Waals surface area contributed by atoms with E-state index in [0.717, 1.165) is 41.2 Å². The number of carboxylic acids is 1. The number of aromatic nitrogens is 2. The number of amides is 1. The highest BCUT2D eigenvalue weighted by Gasteiger charge is 2.28. The van der Waals surface area contributed by atoms with Crippen molar-refractivity contribution in [1.29, 1.82) is 0 Å². The average Bonchev–Trinajstić information content (AvgIpc) is 2.95. The maximum Gasteiger partial charge on any atom is 0.303 e. The number of hydrogen-bond acceptors (Lipinski definition) is 5. The van der Waals surface area contributed by atoms with Gasteiger partial charge in [0, 0.05) is 53.9 Å². The Morgan fingerprint density at radius 3 is 2.44 bits per heavy atom. The van der Waals surface area contributed by atoms with Crippen molar-refractivity contribution in [2.75, 3.05) is 24.5 Å². The zero-order valence-electron chi connectivity index (χ0n) is 21.9. The highest BCUT2D eigenvalue weighted by molar-refractivity contribution is 6.30. The molecule has 0 spiro atoms. The van der Waals surface area contributed by atoms with Gasteiger partial charge in [-0.25, -0.2) is 9.97 Å². The van der Waals surface area contributed by atoms with E-state index in [1.807, 2.05) is 77.7 Å². The summed E-state index contributed by atoms with van der Waals surface area (Å²) in [5, 5.41) is 9.71. The lowest BCUT2D eigenvalue weighted by Gasteiger charge is -2.41. The average molecular weight is 543 g/mol. The fourth-order valence-corrected chi connectivity index (χ4v) is 5.23. The van der Waals surface area contributed by atoms with E-state index in [9.17, 15) is 9.59 Å². The van der Waals surface area contributed by atoms with Crippen LogP contribution in [0.4, 0.5) is 5.69 Å². The largest absolute Gasteiger partial charge is 0.481 e. The van der Waals surface area contributed by atoms with Crippen LogP contribution in [0.2, 0.25) is 5.02 Å². The molecule has 1 N–H and O–H groups in total. The molecule has 7 nitrogen and oxygen atoms in total. The van der Waals surface area contributed by atoms with E-state index in [4.69, 9.17) is 26.7 Å². The third kappa shape index (κ3) is 6.20. The first-order valence-electron chi connectivity index (χ1n) is 13.3. The van der Waals surface area contributed by atoms with Crippen LogP contribution in [0.3, 0.4) is 0 Å². The Labute approximate surface area is 233 Å². The van der Waals surface area contributed by atoms with Gasteiger partial charge in [-0.3, -0.25) is 9.59 Å². The van der Waals surface area contributed by atoms with Gasteiger partial charge < -0.3 is 14.9 Å². The van der Waals surface area contributed by atoms with E-state index in [-0.39, 0.29) is 18.4 Å². The number of carbonyl (C=O) groups is 2. The summed E-state index contributed by atoms with van der Waals surface area (Å²) in [7, 11) is 0. The van der Waals surface area contributed by atoms with Crippen molar-refractivity contribution < 1.29 is 14.7 Å². The Balaban J connectivity index is 1.38. The number of carbonyl (C=O) groups excluding carboxylic acids is 1. The van der Waals surface area contributed by atoms with Crippen molar-refractivity contribution in [3.8, 4) is 11.3 Å². The molecule has 0 aliphatic carbocycles. The number of anilines is 1. The normalized spacial score (nSPS) is 15.5. The van der Waals surface area contributed by atoms with Crippen molar-refractivity contribution >= 4 is 40.2 Å². The number of piperazine rings is 1. The lowest BCUT2D eigenvalue weighted by atomic mass is 10.0. The summed E-state index contributed by atoms with van der Waals surface area (Å²) < 4.78 is 0. The van der Waals surface area contributed by atoms with Gasteiger partial charge in [-0.2, -0.15) is 0 Å². The summed E-state index contributed by atoms with van der Waals surface area (Å²) in [6, 6.07) is 23.2. The molecule has 1 atom stereocenters. The first-order chi connectivity index (χ1) is 18.9. The van der Waals surface area contributed by atoms with Crippen LogP contribution in [0, 0.1) is 0 Å². The van der Waals surface area contributed by atoms with Crippen molar-refractivity contribution in [2.45, 2.75) is 38.6 Å². The van der Waals surface area contributed by atoms with E-state index < -0.39 is 5.97 Å². The molecule has 200 valence electrons. The summed E-state index contributed by atoms with van der Waals surface area (Å²) in [5.74, 6) is -0.814. The maximum absolute atomic E-state index is 13.6. The highest BCUT2D eigenvalue weighted by Crippen LogP contribution is 2.27. The highest BCUT2D eigenvalue weighted by atomic mass is 35.5. The summed E-state index contributed by atoms with van der Waals surface area (Å²) >= 11 is 6.04. The van der Waals surface area contributed by atoms with Crippen LogP contribution in [0.5, 0.6) is 0 Å². The van der Waals surface area contributed by atoms with E-state index in [0.29, 0.717) is 41.9 Å². The minimum atomic E-state index is -0.797.